The van der Waals surface area contributed by atoms with Gasteiger partial charge in [0.1, 0.15) is 0 Å². The van der Waals surface area contributed by atoms with Crippen molar-refractivity contribution in [1.29, 1.82) is 0 Å². The van der Waals surface area contributed by atoms with E-state index in [0.717, 1.165) is 6.92 Å². The summed E-state index contributed by atoms with van der Waals surface area (Å²) in [5.41, 5.74) is 0. The van der Waals surface area contributed by atoms with Crippen LogP contribution in [0.2, 0.25) is 0 Å². The van der Waals surface area contributed by atoms with Crippen molar-refractivity contribution in [2.75, 3.05) is 0 Å². The number of carboxylic acid groups (broad SMARTS) is 1. The molecule has 0 amide bonds. The third kappa shape index (κ3) is 459. The average Bonchev–Trinajstić information content (AvgIpc) is 1.19. The van der Waals surface area contributed by atoms with Gasteiger partial charge >= 0.3 is 97.1 Å². The van der Waals surface area contributed by atoms with Gasteiger partial charge in [-0.25, -0.2) is 0 Å². The van der Waals surface area contributed by atoms with Crippen LogP contribution in [-0.2, 0) is 46.3 Å². The van der Waals surface area contributed by atoms with Gasteiger partial charge in [0.25, 0.3) is 0 Å². The molecule has 66 valence electrons. The van der Waals surface area contributed by atoms with Crippen LogP contribution in [0.25, 0.3) is 0 Å². The maximum atomic E-state index is 8.89. The second-order valence-corrected chi connectivity index (χ2v) is 2.05. The fraction of sp³-hybridized carbons (Fsp3) is 0.500. The van der Waals surface area contributed by atoms with Crippen LogP contribution in [0.5, 0.6) is 0 Å². The van der Waals surface area contributed by atoms with Gasteiger partial charge in [0.2, 0.25) is 0 Å². The maximum absolute atomic E-state index is 8.89. The van der Waals surface area contributed by atoms with E-state index >= 15 is 0 Å². The van der Waals surface area contributed by atoms with Crippen molar-refractivity contribution in [3.8, 4) is 0 Å². The van der Waals surface area contributed by atoms with E-state index in [-0.39, 0.29) is 68.5 Å². The van der Waals surface area contributed by atoms with Crippen molar-refractivity contribution in [2.45, 2.75) is 6.92 Å². The van der Waals surface area contributed by atoms with E-state index in [4.69, 9.17) is 25.6 Å². The van der Waals surface area contributed by atoms with Crippen LogP contribution < -0.4 is 60.7 Å². The molecule has 0 rings (SSSR count). The first-order chi connectivity index (χ1) is 3.73. The number of carboxylic acids is 1. The molecule has 0 aliphatic rings. The minimum absolute atomic E-state index is 0. The number of carbonyl (C=O) groups excluding carboxylic acids is 1. The first-order valence-corrected chi connectivity index (χ1v) is 3.45. The summed E-state index contributed by atoms with van der Waals surface area (Å²) in [6, 6.07) is 0. The normalized spacial score (nSPS) is 7.45. The zero-order valence-corrected chi connectivity index (χ0v) is 10.9. The molecule has 0 aliphatic carbocycles. The molecule has 0 saturated carbocycles. The monoisotopic (exact) mass is 280 g/mol. The average molecular weight is 281 g/mol. The Morgan fingerprint density at radius 3 is 1.27 bits per heavy atom. The Morgan fingerprint density at radius 1 is 1.27 bits per heavy atom. The molecule has 0 saturated heterocycles. The van der Waals surface area contributed by atoms with Crippen LogP contribution in [0.1, 0.15) is 6.92 Å². The predicted octanol–water partition coefficient (Wildman–Crippen LogP) is -5.79. The van der Waals surface area contributed by atoms with Gasteiger partial charge in [-0.3, -0.25) is 0 Å². The van der Waals surface area contributed by atoms with E-state index in [1.54, 1.807) is 0 Å². The summed E-state index contributed by atoms with van der Waals surface area (Å²) in [5.74, 6) is -1.08. The van der Waals surface area contributed by atoms with Gasteiger partial charge < -0.3 is 9.90 Å². The second-order valence-electron chi connectivity index (χ2n) is 0.870. The van der Waals surface area contributed by atoms with Crippen molar-refractivity contribution < 1.29 is 107 Å². The van der Waals surface area contributed by atoms with Gasteiger partial charge in [-0.1, -0.05) is 0 Å². The minimum atomic E-state index is -5.62. The van der Waals surface area contributed by atoms with Crippen molar-refractivity contribution in [1.82, 2.24) is 0 Å². The number of rotatable bonds is 0. The molecule has 0 heterocycles. The standard InChI is InChI=1S/C2H4O2.Cu.K.Mn.4O/c1-2(3)4;;;;;;;/h1H3,(H,3,4);;;;;;;/q;2*+1;;;;;-1/p-1. The van der Waals surface area contributed by atoms with E-state index in [2.05, 4.69) is 0 Å². The molecule has 11 heavy (non-hydrogen) atoms. The molecule has 0 spiro atoms. The van der Waals surface area contributed by atoms with Gasteiger partial charge in [-0.15, -0.1) is 0 Å². The fourth-order valence-corrected chi connectivity index (χ4v) is 0. The Balaban J connectivity index is -0.0000000383. The molecule has 9 heteroatoms. The molecule has 0 aromatic heterocycles. The van der Waals surface area contributed by atoms with Crippen molar-refractivity contribution in [3.63, 3.8) is 0 Å². The Labute approximate surface area is 118 Å². The Kier molecular flexibility index (Phi) is 23.9. The quantitative estimate of drug-likeness (QED) is 0.408. The van der Waals surface area contributed by atoms with Crippen LogP contribution in [0.3, 0.4) is 0 Å². The zero-order valence-electron chi connectivity index (χ0n) is 5.63. The van der Waals surface area contributed by atoms with Gasteiger partial charge in [0.05, 0.1) is 0 Å². The molecule has 0 bridgehead atoms. The summed E-state index contributed by atoms with van der Waals surface area (Å²) in [5, 5.41) is 8.89. The molecule has 0 unspecified atom stereocenters. The molecule has 0 aliphatic heterocycles. The number of hydrogen-bond acceptors (Lipinski definition) is 6. The molecule has 0 N–H and O–H groups in total. The molecule has 6 nitrogen and oxygen atoms in total. The summed E-state index contributed by atoms with van der Waals surface area (Å²) >= 11 is -5.62. The van der Waals surface area contributed by atoms with Crippen molar-refractivity contribution in [2.24, 2.45) is 0 Å². The van der Waals surface area contributed by atoms with E-state index in [1.807, 2.05) is 0 Å². The van der Waals surface area contributed by atoms with Gasteiger partial charge in [0.15, 0.2) is 0 Å². The van der Waals surface area contributed by atoms with Crippen LogP contribution >= 0.6 is 0 Å². The first-order valence-electron chi connectivity index (χ1n) is 1.53. The molecular formula is C2H3CuKMnO6. The summed E-state index contributed by atoms with van der Waals surface area (Å²) in [4.78, 5) is 8.89. The molecule has 0 atom stereocenters. The molecular weight excluding hydrogens is 278 g/mol. The summed E-state index contributed by atoms with van der Waals surface area (Å²) in [6.07, 6.45) is 0. The second kappa shape index (κ2) is 11.5. The third-order valence-corrected chi connectivity index (χ3v) is 0. The molecule has 0 radical (unpaired) electrons. The summed E-state index contributed by atoms with van der Waals surface area (Å²) < 4.78 is 34.3. The third-order valence-electron chi connectivity index (χ3n) is 0. The van der Waals surface area contributed by atoms with Crippen LogP contribution in [0.15, 0.2) is 0 Å². The Hall–Kier alpha value is 1.51. The van der Waals surface area contributed by atoms with Gasteiger partial charge in [-0.05, 0) is 6.92 Å². The van der Waals surface area contributed by atoms with Crippen LogP contribution in [0, 0.1) is 0 Å². The molecule has 0 aromatic carbocycles. The van der Waals surface area contributed by atoms with E-state index in [1.165, 1.54) is 0 Å². The Bertz CT molecular complexity index is 206. The molecule has 0 aromatic rings. The topological polar surface area (TPSA) is 114 Å². The Morgan fingerprint density at radius 2 is 1.27 bits per heavy atom. The van der Waals surface area contributed by atoms with Gasteiger partial charge in [0, 0.05) is 5.97 Å². The van der Waals surface area contributed by atoms with E-state index in [9.17, 15) is 0 Å². The number of carbonyl (C=O) groups is 1. The van der Waals surface area contributed by atoms with Gasteiger partial charge in [-0.2, -0.15) is 0 Å². The van der Waals surface area contributed by atoms with E-state index in [0.29, 0.717) is 0 Å². The van der Waals surface area contributed by atoms with Crippen LogP contribution in [-0.4, -0.2) is 5.97 Å². The number of hydrogen-bond donors (Lipinski definition) is 0. The summed E-state index contributed by atoms with van der Waals surface area (Å²) in [7, 11) is 0. The number of aliphatic carboxylic acids is 1. The van der Waals surface area contributed by atoms with Crippen LogP contribution in [0.4, 0.5) is 0 Å². The summed E-state index contributed by atoms with van der Waals surface area (Å²) in [6.45, 7) is 0.972. The first kappa shape index (κ1) is 22.9. The fourth-order valence-electron chi connectivity index (χ4n) is 0. The van der Waals surface area contributed by atoms with Crippen molar-refractivity contribution >= 4 is 5.97 Å². The predicted molar refractivity (Wildman–Crippen MR) is 12.7 cm³/mol. The zero-order chi connectivity index (χ0) is 8.08. The SMILES string of the molecule is CC(=O)[O-].[Cu+].[K+].[O]=[Mn](=[O])(=[O])[O-]. The van der Waals surface area contributed by atoms with Crippen molar-refractivity contribution in [3.05, 3.63) is 0 Å². The van der Waals surface area contributed by atoms with E-state index < -0.39 is 18.9 Å². The molecule has 0 fully saturated rings.